The maximum Gasteiger partial charge on any atom is 0.354 e. The van der Waals surface area contributed by atoms with Gasteiger partial charge in [0.1, 0.15) is 0 Å². The molecule has 3 fully saturated rings. The molecule has 1 aliphatic carbocycles. The van der Waals surface area contributed by atoms with E-state index in [0.717, 1.165) is 31.5 Å². The predicted octanol–water partition coefficient (Wildman–Crippen LogP) is 3.58. The van der Waals surface area contributed by atoms with Crippen molar-refractivity contribution in [1.29, 1.82) is 0 Å². The van der Waals surface area contributed by atoms with E-state index in [0.29, 0.717) is 18.4 Å². The molecule has 7 heteroatoms. The summed E-state index contributed by atoms with van der Waals surface area (Å²) in [6, 6.07) is 8.15. The molecule has 1 N–H and O–H groups in total. The molecule has 3 atom stereocenters. The molecule has 0 radical (unpaired) electrons. The van der Waals surface area contributed by atoms with Crippen LogP contribution in [0.4, 0.5) is 10.5 Å². The van der Waals surface area contributed by atoms with Crippen LogP contribution in [0.3, 0.4) is 0 Å². The topological polar surface area (TPSA) is 80.5 Å². The number of carbonyl (C=O) groups is 1. The summed E-state index contributed by atoms with van der Waals surface area (Å²) in [7, 11) is 0. The number of urea groups is 1. The molecule has 2 aliphatic heterocycles. The molecular weight excluding hydrogens is 332 g/mol. The maximum atomic E-state index is 12.9. The Morgan fingerprint density at radius 2 is 2.15 bits per heavy atom. The number of hydrogen-bond acceptors (Lipinski definition) is 5. The van der Waals surface area contributed by atoms with E-state index < -0.39 is 0 Å². The van der Waals surface area contributed by atoms with Crippen LogP contribution in [-0.2, 0) is 0 Å². The van der Waals surface area contributed by atoms with Crippen LogP contribution in [0.15, 0.2) is 28.8 Å². The van der Waals surface area contributed by atoms with Crippen LogP contribution in [0.25, 0.3) is 0 Å². The van der Waals surface area contributed by atoms with Crippen LogP contribution in [0, 0.1) is 12.8 Å². The van der Waals surface area contributed by atoms with Crippen molar-refractivity contribution in [2.24, 2.45) is 5.92 Å². The zero-order chi connectivity index (χ0) is 18.1. The molecule has 2 saturated heterocycles. The summed E-state index contributed by atoms with van der Waals surface area (Å²) in [4.78, 5) is 19.2. The predicted molar refractivity (Wildman–Crippen MR) is 96.2 cm³/mol. The number of rotatable bonds is 4. The second-order valence-corrected chi connectivity index (χ2v) is 7.15. The fourth-order valence-electron chi connectivity index (χ4n) is 4.08. The number of aryl methyl sites for hydroxylation is 1. The van der Waals surface area contributed by atoms with Gasteiger partial charge in [-0.05, 0) is 56.3 Å². The average molecular weight is 356 g/mol. The molecule has 1 aromatic carbocycles. The Morgan fingerprint density at radius 1 is 1.35 bits per heavy atom. The highest BCUT2D eigenvalue weighted by atomic mass is 16.5. The van der Waals surface area contributed by atoms with Gasteiger partial charge >= 0.3 is 12.0 Å². The first-order valence-electron chi connectivity index (χ1n) is 9.24. The Hall–Kier alpha value is -2.57. The van der Waals surface area contributed by atoms with Crippen LogP contribution in [0.2, 0.25) is 0 Å². The van der Waals surface area contributed by atoms with Gasteiger partial charge in [0.25, 0.3) is 0 Å². The molecule has 2 aromatic rings. The van der Waals surface area contributed by atoms with E-state index in [1.54, 1.807) is 0 Å². The number of benzene rings is 1. The number of ether oxygens (including phenoxy) is 1. The number of carbonyl (C=O) groups excluding carboxylic acids is 1. The van der Waals surface area contributed by atoms with Gasteiger partial charge in [0.05, 0.1) is 12.5 Å². The van der Waals surface area contributed by atoms with Crippen LogP contribution < -0.4 is 10.1 Å². The minimum absolute atomic E-state index is 0.0576. The van der Waals surface area contributed by atoms with Crippen molar-refractivity contribution in [1.82, 2.24) is 15.0 Å². The minimum Gasteiger partial charge on any atom is -0.462 e. The number of nitrogens with one attached hydrogen (secondary N) is 1. The van der Waals surface area contributed by atoms with Crippen LogP contribution >= 0.6 is 0 Å². The monoisotopic (exact) mass is 356 g/mol. The molecule has 2 bridgehead atoms. The largest absolute Gasteiger partial charge is 0.462 e. The number of piperidine rings is 2. The lowest BCUT2D eigenvalue weighted by molar-refractivity contribution is 0.0517. The number of fused-ring (bicyclic) bond motifs is 3. The zero-order valence-electron chi connectivity index (χ0n) is 15.1. The van der Waals surface area contributed by atoms with Crippen molar-refractivity contribution in [3.8, 4) is 6.01 Å². The number of hydrogen-bond donors (Lipinski definition) is 1. The Labute approximate surface area is 152 Å². The number of nitrogens with zero attached hydrogens (tertiary/aromatic N) is 3. The Bertz CT molecular complexity index is 773. The molecule has 1 aromatic heterocycles. The molecule has 2 amide bonds. The van der Waals surface area contributed by atoms with Gasteiger partial charge < -0.3 is 19.5 Å². The Morgan fingerprint density at radius 3 is 2.88 bits per heavy atom. The second-order valence-electron chi connectivity index (χ2n) is 7.15. The standard InChI is InChI=1S/C19H24N4O3/c1-3-25-18-21-17(26-22-18)15-10-13-6-9-16(15)23(11-13)19(24)20-14-7-4-12(2)5-8-14/h4-5,7-8,13,15-16H,3,6,9-11H2,1-2H3,(H,20,24). The van der Waals surface area contributed by atoms with Gasteiger partial charge in [-0.15, -0.1) is 0 Å². The van der Waals surface area contributed by atoms with Crippen molar-refractivity contribution in [3.05, 3.63) is 35.7 Å². The van der Waals surface area contributed by atoms with Gasteiger partial charge in [0.2, 0.25) is 5.89 Å². The van der Waals surface area contributed by atoms with Crippen LogP contribution in [-0.4, -0.2) is 40.3 Å². The molecule has 3 heterocycles. The fourth-order valence-corrected chi connectivity index (χ4v) is 4.08. The molecule has 7 nitrogen and oxygen atoms in total. The van der Waals surface area contributed by atoms with Crippen molar-refractivity contribution in [2.45, 2.75) is 45.1 Å². The third-order valence-corrected chi connectivity index (χ3v) is 5.36. The highest BCUT2D eigenvalue weighted by Crippen LogP contribution is 2.44. The van der Waals surface area contributed by atoms with Crippen molar-refractivity contribution in [3.63, 3.8) is 0 Å². The zero-order valence-corrected chi connectivity index (χ0v) is 15.1. The Balaban J connectivity index is 1.49. The van der Waals surface area contributed by atoms with E-state index in [9.17, 15) is 4.79 Å². The lowest BCUT2D eigenvalue weighted by Crippen LogP contribution is -2.55. The first-order chi connectivity index (χ1) is 12.6. The van der Waals surface area contributed by atoms with Crippen LogP contribution in [0.1, 0.15) is 43.6 Å². The third-order valence-electron chi connectivity index (χ3n) is 5.36. The van der Waals surface area contributed by atoms with E-state index >= 15 is 0 Å². The van der Waals surface area contributed by atoms with E-state index in [2.05, 4.69) is 15.5 Å². The summed E-state index contributed by atoms with van der Waals surface area (Å²) >= 11 is 0. The summed E-state index contributed by atoms with van der Waals surface area (Å²) in [6.45, 7) is 5.20. The first-order valence-corrected chi connectivity index (χ1v) is 9.24. The van der Waals surface area contributed by atoms with Gasteiger partial charge in [0.15, 0.2) is 0 Å². The van der Waals surface area contributed by atoms with Gasteiger partial charge in [-0.2, -0.15) is 4.98 Å². The number of amides is 2. The lowest BCUT2D eigenvalue weighted by Gasteiger charge is -2.48. The Kier molecular flexibility index (Phi) is 4.53. The molecule has 3 aliphatic rings. The average Bonchev–Trinajstić information content (AvgIpc) is 3.13. The van der Waals surface area contributed by atoms with Crippen molar-refractivity contribution >= 4 is 11.7 Å². The summed E-state index contributed by atoms with van der Waals surface area (Å²) in [5, 5.41) is 6.90. The lowest BCUT2D eigenvalue weighted by atomic mass is 9.73. The fraction of sp³-hybridized carbons (Fsp3) is 0.526. The third kappa shape index (κ3) is 3.25. The van der Waals surface area contributed by atoms with Gasteiger partial charge in [-0.3, -0.25) is 0 Å². The molecular formula is C19H24N4O3. The maximum absolute atomic E-state index is 12.9. The summed E-state index contributed by atoms with van der Waals surface area (Å²) in [5.41, 5.74) is 1.98. The van der Waals surface area contributed by atoms with E-state index in [-0.39, 0.29) is 24.0 Å². The highest BCUT2D eigenvalue weighted by Gasteiger charge is 2.45. The molecule has 5 rings (SSSR count). The van der Waals surface area contributed by atoms with E-state index in [1.165, 1.54) is 5.56 Å². The second kappa shape index (κ2) is 6.97. The molecule has 138 valence electrons. The van der Waals surface area contributed by atoms with Gasteiger partial charge in [-0.25, -0.2) is 4.79 Å². The smallest absolute Gasteiger partial charge is 0.354 e. The molecule has 0 spiro atoms. The molecule has 1 saturated carbocycles. The highest BCUT2D eigenvalue weighted by molar-refractivity contribution is 5.89. The summed E-state index contributed by atoms with van der Waals surface area (Å²) in [5.74, 6) is 1.13. The summed E-state index contributed by atoms with van der Waals surface area (Å²) < 4.78 is 10.7. The first kappa shape index (κ1) is 16.9. The van der Waals surface area contributed by atoms with Crippen molar-refractivity contribution in [2.75, 3.05) is 18.5 Å². The van der Waals surface area contributed by atoms with E-state index in [1.807, 2.05) is 43.0 Å². The van der Waals surface area contributed by atoms with Gasteiger partial charge in [0, 0.05) is 18.3 Å². The van der Waals surface area contributed by atoms with Gasteiger partial charge in [-0.1, -0.05) is 17.7 Å². The van der Waals surface area contributed by atoms with E-state index in [4.69, 9.17) is 9.26 Å². The summed E-state index contributed by atoms with van der Waals surface area (Å²) in [6.07, 6.45) is 3.08. The quantitative estimate of drug-likeness (QED) is 0.906. The SMILES string of the molecule is CCOc1noc(C2CC3CCC2N(C(=O)Nc2ccc(C)cc2)C3)n1. The van der Waals surface area contributed by atoms with Crippen molar-refractivity contribution < 1.29 is 14.1 Å². The normalized spacial score (nSPS) is 24.5. The van der Waals surface area contributed by atoms with Crippen LogP contribution in [0.5, 0.6) is 6.01 Å². The minimum atomic E-state index is -0.0576. The number of anilines is 1. The molecule has 3 unspecified atom stereocenters. The number of aromatic nitrogens is 2. The molecule has 26 heavy (non-hydrogen) atoms.